The number of benzene rings is 2. The van der Waals surface area contributed by atoms with Crippen molar-refractivity contribution in [1.29, 1.82) is 0 Å². The topological polar surface area (TPSA) is 32.3 Å². The van der Waals surface area contributed by atoms with E-state index >= 15 is 0 Å². The van der Waals surface area contributed by atoms with Gasteiger partial charge < -0.3 is 10.4 Å². The molecule has 1 atom stereocenters. The normalized spacial score (nSPS) is 12.4. The SMILES string of the molecule is OC(CNCc1ccc(Br)cc1F)c1ccccc1. The molecule has 0 spiro atoms. The Balaban J connectivity index is 1.86. The van der Waals surface area contributed by atoms with Crippen molar-refractivity contribution in [3.8, 4) is 0 Å². The highest BCUT2D eigenvalue weighted by Gasteiger charge is 2.07. The Bertz CT molecular complexity index is 533. The average Bonchev–Trinajstić information content (AvgIpc) is 2.42. The second-order valence-electron chi connectivity index (χ2n) is 4.29. The van der Waals surface area contributed by atoms with Crippen LogP contribution in [0.2, 0.25) is 0 Å². The third-order valence-corrected chi connectivity index (χ3v) is 3.35. The highest BCUT2D eigenvalue weighted by molar-refractivity contribution is 9.10. The van der Waals surface area contributed by atoms with Crippen LogP contribution in [0.15, 0.2) is 53.0 Å². The van der Waals surface area contributed by atoms with E-state index in [0.717, 1.165) is 10.0 Å². The summed E-state index contributed by atoms with van der Waals surface area (Å²) in [4.78, 5) is 0. The Morgan fingerprint density at radius 2 is 1.89 bits per heavy atom. The Labute approximate surface area is 120 Å². The first-order valence-electron chi connectivity index (χ1n) is 6.04. The minimum absolute atomic E-state index is 0.254. The molecule has 0 bridgehead atoms. The lowest BCUT2D eigenvalue weighted by atomic mass is 10.1. The molecule has 0 aliphatic rings. The molecule has 0 aliphatic carbocycles. The van der Waals surface area contributed by atoms with E-state index in [9.17, 15) is 9.50 Å². The summed E-state index contributed by atoms with van der Waals surface area (Å²) in [6, 6.07) is 14.4. The van der Waals surface area contributed by atoms with Crippen LogP contribution in [0.4, 0.5) is 4.39 Å². The van der Waals surface area contributed by atoms with Gasteiger partial charge in [-0.1, -0.05) is 52.3 Å². The second kappa shape index (κ2) is 6.80. The van der Waals surface area contributed by atoms with Gasteiger partial charge in [0.1, 0.15) is 5.82 Å². The Morgan fingerprint density at radius 1 is 1.16 bits per heavy atom. The van der Waals surface area contributed by atoms with Gasteiger partial charge in [-0.3, -0.25) is 0 Å². The van der Waals surface area contributed by atoms with E-state index < -0.39 is 6.10 Å². The minimum Gasteiger partial charge on any atom is -0.387 e. The van der Waals surface area contributed by atoms with E-state index in [1.54, 1.807) is 12.1 Å². The van der Waals surface area contributed by atoms with Crippen LogP contribution in [-0.2, 0) is 6.54 Å². The van der Waals surface area contributed by atoms with Crippen molar-refractivity contribution < 1.29 is 9.50 Å². The fourth-order valence-electron chi connectivity index (χ4n) is 1.80. The molecule has 2 nitrogen and oxygen atoms in total. The van der Waals surface area contributed by atoms with Gasteiger partial charge in [0, 0.05) is 23.1 Å². The lowest BCUT2D eigenvalue weighted by Gasteiger charge is -2.12. The standard InChI is InChI=1S/C15H15BrFNO/c16-13-7-6-12(14(17)8-13)9-18-10-15(19)11-4-2-1-3-5-11/h1-8,15,18-19H,9-10H2. The van der Waals surface area contributed by atoms with Gasteiger partial charge in [-0.2, -0.15) is 0 Å². The molecular weight excluding hydrogens is 309 g/mol. The van der Waals surface area contributed by atoms with Gasteiger partial charge in [-0.15, -0.1) is 0 Å². The van der Waals surface area contributed by atoms with E-state index in [1.165, 1.54) is 6.07 Å². The summed E-state index contributed by atoms with van der Waals surface area (Å²) in [7, 11) is 0. The van der Waals surface area contributed by atoms with E-state index in [-0.39, 0.29) is 5.82 Å². The van der Waals surface area contributed by atoms with Crippen LogP contribution in [-0.4, -0.2) is 11.7 Å². The minimum atomic E-state index is -0.584. The second-order valence-corrected chi connectivity index (χ2v) is 5.21. The molecule has 100 valence electrons. The number of halogens is 2. The lowest BCUT2D eigenvalue weighted by molar-refractivity contribution is 0.174. The summed E-state index contributed by atoms with van der Waals surface area (Å²) < 4.78 is 14.3. The molecule has 2 aromatic carbocycles. The highest BCUT2D eigenvalue weighted by atomic mass is 79.9. The molecule has 2 N–H and O–H groups in total. The summed E-state index contributed by atoms with van der Waals surface area (Å²) in [5.74, 6) is -0.254. The maximum atomic E-state index is 13.6. The van der Waals surface area contributed by atoms with Gasteiger partial charge in [0.15, 0.2) is 0 Å². The first-order valence-corrected chi connectivity index (χ1v) is 6.84. The zero-order valence-electron chi connectivity index (χ0n) is 10.3. The predicted octanol–water partition coefficient (Wildman–Crippen LogP) is 3.41. The van der Waals surface area contributed by atoms with Crippen LogP contribution < -0.4 is 5.32 Å². The van der Waals surface area contributed by atoms with Gasteiger partial charge in [0.25, 0.3) is 0 Å². The van der Waals surface area contributed by atoms with Gasteiger partial charge in [0.05, 0.1) is 6.10 Å². The Kier molecular flexibility index (Phi) is 5.07. The van der Waals surface area contributed by atoms with Crippen molar-refractivity contribution in [2.24, 2.45) is 0 Å². The fraction of sp³-hybridized carbons (Fsp3) is 0.200. The third kappa shape index (κ3) is 4.13. The van der Waals surface area contributed by atoms with Gasteiger partial charge >= 0.3 is 0 Å². The molecule has 0 saturated heterocycles. The summed E-state index contributed by atoms with van der Waals surface area (Å²) >= 11 is 3.22. The molecule has 0 amide bonds. The quantitative estimate of drug-likeness (QED) is 0.883. The summed E-state index contributed by atoms with van der Waals surface area (Å²) in [5, 5.41) is 13.0. The van der Waals surface area contributed by atoms with Crippen molar-refractivity contribution in [3.63, 3.8) is 0 Å². The van der Waals surface area contributed by atoms with E-state index in [0.29, 0.717) is 18.7 Å². The molecular formula is C15H15BrFNO. The molecule has 0 saturated carbocycles. The molecule has 0 aliphatic heterocycles. The number of hydrogen-bond donors (Lipinski definition) is 2. The molecule has 0 aromatic heterocycles. The number of aliphatic hydroxyl groups is 1. The van der Waals surface area contributed by atoms with E-state index in [4.69, 9.17) is 0 Å². The molecule has 19 heavy (non-hydrogen) atoms. The monoisotopic (exact) mass is 323 g/mol. The Hall–Kier alpha value is -1.23. The predicted molar refractivity (Wildman–Crippen MR) is 77.2 cm³/mol. The van der Waals surface area contributed by atoms with Crippen LogP contribution in [0.1, 0.15) is 17.2 Å². The molecule has 2 rings (SSSR count). The van der Waals surface area contributed by atoms with Crippen LogP contribution in [0.25, 0.3) is 0 Å². The summed E-state index contributed by atoms with van der Waals surface area (Å²) in [5.41, 5.74) is 1.44. The first-order chi connectivity index (χ1) is 9.16. The number of hydrogen-bond acceptors (Lipinski definition) is 2. The van der Waals surface area contributed by atoms with Crippen molar-refractivity contribution in [2.75, 3.05) is 6.54 Å². The van der Waals surface area contributed by atoms with Gasteiger partial charge in [-0.25, -0.2) is 4.39 Å². The third-order valence-electron chi connectivity index (χ3n) is 2.85. The summed E-state index contributed by atoms with van der Waals surface area (Å²) in [6.07, 6.45) is -0.584. The van der Waals surface area contributed by atoms with Crippen molar-refractivity contribution in [1.82, 2.24) is 5.32 Å². The maximum Gasteiger partial charge on any atom is 0.128 e. The zero-order valence-corrected chi connectivity index (χ0v) is 11.9. The van der Waals surface area contributed by atoms with E-state index in [1.807, 2.05) is 30.3 Å². The first kappa shape index (κ1) is 14.2. The number of nitrogens with one attached hydrogen (secondary N) is 1. The molecule has 0 fully saturated rings. The molecule has 1 unspecified atom stereocenters. The zero-order chi connectivity index (χ0) is 13.7. The molecule has 0 radical (unpaired) electrons. The highest BCUT2D eigenvalue weighted by Crippen LogP contribution is 2.15. The van der Waals surface area contributed by atoms with E-state index in [2.05, 4.69) is 21.2 Å². The van der Waals surface area contributed by atoms with Gasteiger partial charge in [-0.05, 0) is 17.7 Å². The number of aliphatic hydroxyl groups excluding tert-OH is 1. The van der Waals surface area contributed by atoms with Crippen LogP contribution >= 0.6 is 15.9 Å². The lowest BCUT2D eigenvalue weighted by Crippen LogP contribution is -2.21. The number of rotatable bonds is 5. The molecule has 2 aromatic rings. The van der Waals surface area contributed by atoms with Crippen LogP contribution in [0.5, 0.6) is 0 Å². The molecule has 4 heteroatoms. The average molecular weight is 324 g/mol. The Morgan fingerprint density at radius 3 is 2.58 bits per heavy atom. The van der Waals surface area contributed by atoms with Gasteiger partial charge in [0.2, 0.25) is 0 Å². The van der Waals surface area contributed by atoms with Crippen molar-refractivity contribution in [3.05, 3.63) is 69.9 Å². The van der Waals surface area contributed by atoms with Crippen LogP contribution in [0.3, 0.4) is 0 Å². The van der Waals surface area contributed by atoms with Crippen molar-refractivity contribution in [2.45, 2.75) is 12.6 Å². The fourth-order valence-corrected chi connectivity index (χ4v) is 2.13. The van der Waals surface area contributed by atoms with Crippen LogP contribution in [0, 0.1) is 5.82 Å². The maximum absolute atomic E-state index is 13.6. The summed E-state index contributed by atoms with van der Waals surface area (Å²) in [6.45, 7) is 0.780. The largest absolute Gasteiger partial charge is 0.387 e. The molecule has 0 heterocycles. The van der Waals surface area contributed by atoms with Crippen molar-refractivity contribution >= 4 is 15.9 Å². The smallest absolute Gasteiger partial charge is 0.128 e.